The highest BCUT2D eigenvalue weighted by Gasteiger charge is 2.24. The van der Waals surface area contributed by atoms with E-state index in [0.717, 1.165) is 28.8 Å². The summed E-state index contributed by atoms with van der Waals surface area (Å²) >= 11 is 3.56. The number of aromatic nitrogens is 1. The lowest BCUT2D eigenvalue weighted by molar-refractivity contribution is -0.00513. The number of rotatable bonds is 1. The molecule has 2 heterocycles. The molecule has 106 valence electrons. The zero-order valence-corrected chi connectivity index (χ0v) is 13.6. The third-order valence-electron chi connectivity index (χ3n) is 3.64. The Morgan fingerprint density at radius 3 is 2.60 bits per heavy atom. The largest absolute Gasteiger partial charge is 0.372 e. The number of pyridine rings is 1. The Labute approximate surface area is 128 Å². The van der Waals surface area contributed by atoms with E-state index in [0.29, 0.717) is 0 Å². The van der Waals surface area contributed by atoms with Gasteiger partial charge in [0, 0.05) is 34.3 Å². The molecule has 0 N–H and O–H groups in total. The molecule has 0 bridgehead atoms. The molecule has 0 aliphatic carbocycles. The van der Waals surface area contributed by atoms with E-state index in [1.165, 1.54) is 11.1 Å². The SMILES string of the molecule is Cc1cc(N2CC(C)OC(C)C2)c2cc(Br)ccc2n1. The molecule has 1 fully saturated rings. The van der Waals surface area contributed by atoms with Crippen LogP contribution in [0.1, 0.15) is 19.5 Å². The van der Waals surface area contributed by atoms with Crippen molar-refractivity contribution >= 4 is 32.5 Å². The maximum Gasteiger partial charge on any atom is 0.0726 e. The predicted octanol–water partition coefficient (Wildman–Crippen LogP) is 3.92. The number of hydrogen-bond acceptors (Lipinski definition) is 3. The first-order valence-electron chi connectivity index (χ1n) is 7.00. The van der Waals surface area contributed by atoms with Crippen molar-refractivity contribution in [3.63, 3.8) is 0 Å². The number of aryl methyl sites for hydroxylation is 1. The van der Waals surface area contributed by atoms with Gasteiger partial charge in [0.1, 0.15) is 0 Å². The highest BCUT2D eigenvalue weighted by atomic mass is 79.9. The summed E-state index contributed by atoms with van der Waals surface area (Å²) in [6, 6.07) is 8.45. The molecule has 3 nitrogen and oxygen atoms in total. The maximum absolute atomic E-state index is 5.84. The second-order valence-corrected chi connectivity index (χ2v) is 6.52. The number of hydrogen-bond donors (Lipinski definition) is 0. The molecule has 0 amide bonds. The van der Waals surface area contributed by atoms with Gasteiger partial charge >= 0.3 is 0 Å². The fourth-order valence-corrected chi connectivity index (χ4v) is 3.31. The monoisotopic (exact) mass is 334 g/mol. The van der Waals surface area contributed by atoms with Gasteiger partial charge in [-0.1, -0.05) is 15.9 Å². The van der Waals surface area contributed by atoms with E-state index in [1.807, 2.05) is 6.07 Å². The van der Waals surface area contributed by atoms with Crippen molar-refractivity contribution in [1.82, 2.24) is 4.98 Å². The van der Waals surface area contributed by atoms with Crippen LogP contribution in [0.4, 0.5) is 5.69 Å². The lowest BCUT2D eigenvalue weighted by atomic mass is 10.1. The van der Waals surface area contributed by atoms with Gasteiger partial charge in [0.2, 0.25) is 0 Å². The van der Waals surface area contributed by atoms with Crippen LogP contribution in [0.15, 0.2) is 28.7 Å². The van der Waals surface area contributed by atoms with Gasteiger partial charge in [0.15, 0.2) is 0 Å². The van der Waals surface area contributed by atoms with Gasteiger partial charge in [0.05, 0.1) is 17.7 Å². The van der Waals surface area contributed by atoms with Crippen LogP contribution in [0.5, 0.6) is 0 Å². The highest BCUT2D eigenvalue weighted by Crippen LogP contribution is 2.31. The smallest absolute Gasteiger partial charge is 0.0726 e. The van der Waals surface area contributed by atoms with Gasteiger partial charge < -0.3 is 9.64 Å². The van der Waals surface area contributed by atoms with Crippen LogP contribution < -0.4 is 4.90 Å². The van der Waals surface area contributed by atoms with Crippen LogP contribution in [0.3, 0.4) is 0 Å². The molecule has 0 spiro atoms. The summed E-state index contributed by atoms with van der Waals surface area (Å²) in [6.45, 7) is 8.17. The van der Waals surface area contributed by atoms with E-state index >= 15 is 0 Å². The third-order valence-corrected chi connectivity index (χ3v) is 4.13. The topological polar surface area (TPSA) is 25.4 Å². The molecule has 2 atom stereocenters. The molecule has 1 aliphatic heterocycles. The van der Waals surface area contributed by atoms with E-state index in [4.69, 9.17) is 4.74 Å². The van der Waals surface area contributed by atoms with Crippen molar-refractivity contribution in [2.45, 2.75) is 33.0 Å². The van der Waals surface area contributed by atoms with Gasteiger partial charge in [-0.05, 0) is 45.0 Å². The van der Waals surface area contributed by atoms with E-state index in [2.05, 4.69) is 64.8 Å². The van der Waals surface area contributed by atoms with Gasteiger partial charge in [0.25, 0.3) is 0 Å². The second-order valence-electron chi connectivity index (χ2n) is 5.61. The molecule has 0 radical (unpaired) electrons. The quantitative estimate of drug-likeness (QED) is 0.790. The lowest BCUT2D eigenvalue weighted by Gasteiger charge is -2.37. The minimum absolute atomic E-state index is 0.259. The maximum atomic E-state index is 5.84. The summed E-state index contributed by atoms with van der Waals surface area (Å²) in [5, 5.41) is 1.20. The average Bonchev–Trinajstić information content (AvgIpc) is 2.37. The molecule has 20 heavy (non-hydrogen) atoms. The minimum atomic E-state index is 0.259. The lowest BCUT2D eigenvalue weighted by Crippen LogP contribution is -2.45. The molecule has 1 aliphatic rings. The number of ether oxygens (including phenoxy) is 1. The van der Waals surface area contributed by atoms with Crippen LogP contribution in [-0.2, 0) is 4.74 Å². The van der Waals surface area contributed by atoms with Crippen molar-refractivity contribution in [3.8, 4) is 0 Å². The van der Waals surface area contributed by atoms with Crippen LogP contribution >= 0.6 is 15.9 Å². The molecule has 1 aromatic carbocycles. The molecule has 2 unspecified atom stereocenters. The first-order chi connectivity index (χ1) is 9.52. The van der Waals surface area contributed by atoms with Gasteiger partial charge in [-0.2, -0.15) is 0 Å². The standard InChI is InChI=1S/C16H19BrN2O/c1-10-6-16(19-8-11(2)20-12(3)9-19)14-7-13(17)4-5-15(14)18-10/h4-7,11-12H,8-9H2,1-3H3. The van der Waals surface area contributed by atoms with E-state index in [-0.39, 0.29) is 12.2 Å². The Hall–Kier alpha value is -1.13. The molecule has 0 saturated carbocycles. The average molecular weight is 335 g/mol. The van der Waals surface area contributed by atoms with Gasteiger partial charge in [-0.25, -0.2) is 0 Å². The second kappa shape index (κ2) is 5.34. The predicted molar refractivity (Wildman–Crippen MR) is 86.4 cm³/mol. The van der Waals surface area contributed by atoms with Crippen LogP contribution in [0, 0.1) is 6.92 Å². The van der Waals surface area contributed by atoms with Crippen molar-refractivity contribution in [2.24, 2.45) is 0 Å². The van der Waals surface area contributed by atoms with Gasteiger partial charge in [-0.15, -0.1) is 0 Å². The Morgan fingerprint density at radius 2 is 1.90 bits per heavy atom. The Balaban J connectivity index is 2.12. The Kier molecular flexibility index (Phi) is 3.69. The van der Waals surface area contributed by atoms with E-state index < -0.39 is 0 Å². The van der Waals surface area contributed by atoms with Crippen molar-refractivity contribution < 1.29 is 4.74 Å². The van der Waals surface area contributed by atoms with E-state index in [9.17, 15) is 0 Å². The number of fused-ring (bicyclic) bond motifs is 1. The molecule has 4 heteroatoms. The summed E-state index contributed by atoms with van der Waals surface area (Å²) < 4.78 is 6.93. The Bertz CT molecular complexity index is 634. The molecule has 3 rings (SSSR count). The van der Waals surface area contributed by atoms with E-state index in [1.54, 1.807) is 0 Å². The van der Waals surface area contributed by atoms with Crippen molar-refractivity contribution in [2.75, 3.05) is 18.0 Å². The molecule has 1 saturated heterocycles. The van der Waals surface area contributed by atoms with Crippen molar-refractivity contribution in [3.05, 3.63) is 34.4 Å². The number of nitrogens with zero attached hydrogens (tertiary/aromatic N) is 2. The fraction of sp³-hybridized carbons (Fsp3) is 0.438. The number of anilines is 1. The summed E-state index contributed by atoms with van der Waals surface area (Å²) in [5.41, 5.74) is 3.37. The minimum Gasteiger partial charge on any atom is -0.372 e. The summed E-state index contributed by atoms with van der Waals surface area (Å²) in [5.74, 6) is 0. The normalized spacial score (nSPS) is 23.3. The number of morpholine rings is 1. The third kappa shape index (κ3) is 2.67. The zero-order chi connectivity index (χ0) is 14.3. The molecule has 1 aromatic heterocycles. The summed E-state index contributed by atoms with van der Waals surface area (Å²) in [4.78, 5) is 7.05. The first kappa shape index (κ1) is 13.8. The van der Waals surface area contributed by atoms with Crippen LogP contribution in [0.2, 0.25) is 0 Å². The summed E-state index contributed by atoms with van der Waals surface area (Å²) in [6.07, 6.45) is 0.517. The Morgan fingerprint density at radius 1 is 1.20 bits per heavy atom. The van der Waals surface area contributed by atoms with Crippen LogP contribution in [-0.4, -0.2) is 30.3 Å². The zero-order valence-electron chi connectivity index (χ0n) is 12.1. The van der Waals surface area contributed by atoms with Gasteiger partial charge in [-0.3, -0.25) is 4.98 Å². The van der Waals surface area contributed by atoms with Crippen molar-refractivity contribution in [1.29, 1.82) is 0 Å². The van der Waals surface area contributed by atoms with Crippen LogP contribution in [0.25, 0.3) is 10.9 Å². The number of halogens is 1. The highest BCUT2D eigenvalue weighted by molar-refractivity contribution is 9.10. The first-order valence-corrected chi connectivity index (χ1v) is 7.79. The number of benzene rings is 1. The molecular formula is C16H19BrN2O. The molecular weight excluding hydrogens is 316 g/mol. The molecule has 2 aromatic rings. The summed E-state index contributed by atoms with van der Waals surface area (Å²) in [7, 11) is 0. The fourth-order valence-electron chi connectivity index (χ4n) is 2.95.